The molecule has 2 amide bonds. The van der Waals surface area contributed by atoms with Crippen molar-refractivity contribution in [1.82, 2.24) is 9.80 Å². The third-order valence-electron chi connectivity index (χ3n) is 8.27. The molecule has 0 radical (unpaired) electrons. The van der Waals surface area contributed by atoms with Gasteiger partial charge in [0.1, 0.15) is 5.75 Å². The Bertz CT molecular complexity index is 1540. The maximum absolute atomic E-state index is 13.5. The normalized spacial score (nSPS) is 17.3. The zero-order chi connectivity index (χ0) is 30.5. The lowest BCUT2D eigenvalue weighted by Gasteiger charge is -2.36. The van der Waals surface area contributed by atoms with Crippen LogP contribution in [0.3, 0.4) is 0 Å². The zero-order valence-electron chi connectivity index (χ0n) is 25.3. The molecular formula is C35H39N3O5. The Morgan fingerprint density at radius 3 is 2.37 bits per heavy atom. The van der Waals surface area contributed by atoms with E-state index in [1.807, 2.05) is 91.5 Å². The summed E-state index contributed by atoms with van der Waals surface area (Å²) in [5, 5.41) is 0. The van der Waals surface area contributed by atoms with E-state index in [2.05, 4.69) is 4.90 Å². The molecule has 5 rings (SSSR count). The molecule has 224 valence electrons. The molecule has 0 saturated carbocycles. The minimum absolute atomic E-state index is 0.0366. The van der Waals surface area contributed by atoms with E-state index in [9.17, 15) is 14.4 Å². The van der Waals surface area contributed by atoms with Gasteiger partial charge in [-0.15, -0.1) is 0 Å². The van der Waals surface area contributed by atoms with Crippen molar-refractivity contribution in [2.75, 3.05) is 44.8 Å². The number of para-hydroxylation sites is 2. The van der Waals surface area contributed by atoms with E-state index in [-0.39, 0.29) is 37.3 Å². The van der Waals surface area contributed by atoms with Crippen molar-refractivity contribution in [2.45, 2.75) is 39.7 Å². The van der Waals surface area contributed by atoms with E-state index in [0.717, 1.165) is 28.1 Å². The average molecular weight is 582 g/mol. The second-order valence-corrected chi connectivity index (χ2v) is 11.0. The Kier molecular flexibility index (Phi) is 9.14. The first-order valence-corrected chi connectivity index (χ1v) is 14.8. The quantitative estimate of drug-likeness (QED) is 0.335. The van der Waals surface area contributed by atoms with Crippen molar-refractivity contribution in [3.05, 3.63) is 106 Å². The summed E-state index contributed by atoms with van der Waals surface area (Å²) in [6.07, 6.45) is 0.171. The molecule has 1 unspecified atom stereocenters. The first-order valence-electron chi connectivity index (χ1n) is 14.8. The van der Waals surface area contributed by atoms with Gasteiger partial charge in [-0.3, -0.25) is 9.59 Å². The molecule has 8 heteroatoms. The Labute approximate surface area is 253 Å². The zero-order valence-corrected chi connectivity index (χ0v) is 25.3. The topological polar surface area (TPSA) is 79.4 Å². The molecule has 0 aliphatic carbocycles. The number of esters is 1. The molecule has 0 bridgehead atoms. The molecule has 2 aliphatic rings. The van der Waals surface area contributed by atoms with Crippen molar-refractivity contribution in [3.8, 4) is 5.75 Å². The minimum atomic E-state index is -0.403. The minimum Gasteiger partial charge on any atom is -0.495 e. The summed E-state index contributed by atoms with van der Waals surface area (Å²) < 4.78 is 11.0. The molecule has 0 N–H and O–H groups in total. The Balaban J connectivity index is 1.33. The van der Waals surface area contributed by atoms with Crippen molar-refractivity contribution < 1.29 is 23.9 Å². The fourth-order valence-electron chi connectivity index (χ4n) is 6.06. The van der Waals surface area contributed by atoms with Crippen LogP contribution < -0.4 is 9.64 Å². The number of rotatable bonds is 8. The molecule has 0 aromatic heterocycles. The van der Waals surface area contributed by atoms with Gasteiger partial charge in [0.05, 0.1) is 31.5 Å². The number of ether oxygens (including phenoxy) is 2. The van der Waals surface area contributed by atoms with Gasteiger partial charge in [0, 0.05) is 49.8 Å². The van der Waals surface area contributed by atoms with Crippen LogP contribution in [0.2, 0.25) is 0 Å². The second kappa shape index (κ2) is 13.2. The van der Waals surface area contributed by atoms with Crippen molar-refractivity contribution in [2.24, 2.45) is 0 Å². The molecule has 1 atom stereocenters. The lowest BCUT2D eigenvalue weighted by Crippen LogP contribution is -2.48. The predicted octanol–water partition coefficient (Wildman–Crippen LogP) is 5.32. The van der Waals surface area contributed by atoms with Crippen LogP contribution in [-0.4, -0.2) is 67.5 Å². The number of carbonyl (C=O) groups excluding carboxylic acids is 3. The van der Waals surface area contributed by atoms with Crippen LogP contribution in [-0.2, 0) is 20.9 Å². The van der Waals surface area contributed by atoms with Gasteiger partial charge in [-0.05, 0) is 56.2 Å². The summed E-state index contributed by atoms with van der Waals surface area (Å²) in [5.41, 5.74) is 5.52. The second-order valence-electron chi connectivity index (χ2n) is 11.0. The smallest absolute Gasteiger partial charge is 0.336 e. The summed E-state index contributed by atoms with van der Waals surface area (Å²) in [6.45, 7) is 8.69. The molecule has 0 spiro atoms. The fraction of sp³-hybridized carbons (Fsp3) is 0.343. The summed E-state index contributed by atoms with van der Waals surface area (Å²) >= 11 is 0. The standard InChI is InChI=1S/C35H39N3O5/c1-5-43-35(41)33-25(3)38(32(39)22-29(33)27-12-8-10-24(2)20-27)23-26-11-9-13-28(21-26)34(40)37-18-16-36(17-19-37)30-14-6-7-15-31(30)42-4/h6-15,20-21,29H,5,16-19,22-23H2,1-4H3. The van der Waals surface area contributed by atoms with Crippen LogP contribution in [0.5, 0.6) is 5.75 Å². The third-order valence-corrected chi connectivity index (χ3v) is 8.27. The van der Waals surface area contributed by atoms with Crippen LogP contribution >= 0.6 is 0 Å². The Morgan fingerprint density at radius 2 is 1.65 bits per heavy atom. The van der Waals surface area contributed by atoms with Gasteiger partial charge in [-0.1, -0.05) is 54.1 Å². The number of hydrogen-bond donors (Lipinski definition) is 0. The van der Waals surface area contributed by atoms with Crippen molar-refractivity contribution in [1.29, 1.82) is 0 Å². The molecule has 2 heterocycles. The van der Waals surface area contributed by atoms with E-state index in [1.165, 1.54) is 0 Å². The number of anilines is 1. The number of nitrogens with zero attached hydrogens (tertiary/aromatic N) is 3. The number of methoxy groups -OCH3 is 1. The van der Waals surface area contributed by atoms with Crippen LogP contribution in [0.4, 0.5) is 5.69 Å². The van der Waals surface area contributed by atoms with Crippen LogP contribution in [0, 0.1) is 6.92 Å². The third kappa shape index (κ3) is 6.43. The number of allylic oxidation sites excluding steroid dienone is 1. The van der Waals surface area contributed by atoms with Gasteiger partial charge in [0.2, 0.25) is 5.91 Å². The van der Waals surface area contributed by atoms with Gasteiger partial charge >= 0.3 is 5.97 Å². The number of hydrogen-bond acceptors (Lipinski definition) is 6. The lowest BCUT2D eigenvalue weighted by atomic mass is 9.83. The van der Waals surface area contributed by atoms with E-state index < -0.39 is 5.97 Å². The van der Waals surface area contributed by atoms with E-state index >= 15 is 0 Å². The number of amides is 2. The van der Waals surface area contributed by atoms with Gasteiger partial charge in [-0.2, -0.15) is 0 Å². The molecule has 1 fully saturated rings. The monoisotopic (exact) mass is 581 g/mol. The number of carbonyl (C=O) groups is 3. The molecule has 3 aromatic rings. The Hall–Kier alpha value is -4.59. The van der Waals surface area contributed by atoms with E-state index in [1.54, 1.807) is 18.9 Å². The number of benzene rings is 3. The molecular weight excluding hydrogens is 542 g/mol. The summed E-state index contributed by atoms with van der Waals surface area (Å²) in [5.74, 6) is -0.0556. The summed E-state index contributed by atoms with van der Waals surface area (Å²) in [6, 6.07) is 23.3. The largest absolute Gasteiger partial charge is 0.495 e. The number of piperazine rings is 1. The van der Waals surface area contributed by atoms with Crippen molar-refractivity contribution in [3.63, 3.8) is 0 Å². The Morgan fingerprint density at radius 1 is 0.907 bits per heavy atom. The molecule has 3 aromatic carbocycles. The number of aryl methyl sites for hydroxylation is 1. The highest BCUT2D eigenvalue weighted by molar-refractivity contribution is 5.96. The predicted molar refractivity (Wildman–Crippen MR) is 166 cm³/mol. The maximum Gasteiger partial charge on any atom is 0.336 e. The first-order chi connectivity index (χ1) is 20.8. The summed E-state index contributed by atoms with van der Waals surface area (Å²) in [4.78, 5) is 45.9. The van der Waals surface area contributed by atoms with E-state index in [0.29, 0.717) is 43.0 Å². The highest BCUT2D eigenvalue weighted by Crippen LogP contribution is 2.38. The summed E-state index contributed by atoms with van der Waals surface area (Å²) in [7, 11) is 1.67. The molecule has 1 saturated heterocycles. The van der Waals surface area contributed by atoms with E-state index in [4.69, 9.17) is 9.47 Å². The maximum atomic E-state index is 13.5. The molecule has 43 heavy (non-hydrogen) atoms. The molecule has 2 aliphatic heterocycles. The van der Waals surface area contributed by atoms with Crippen LogP contribution in [0.25, 0.3) is 0 Å². The molecule has 8 nitrogen and oxygen atoms in total. The van der Waals surface area contributed by atoms with Crippen LogP contribution in [0.1, 0.15) is 53.2 Å². The van der Waals surface area contributed by atoms with Gasteiger partial charge in [-0.25, -0.2) is 4.79 Å². The average Bonchev–Trinajstić information content (AvgIpc) is 3.02. The highest BCUT2D eigenvalue weighted by atomic mass is 16.5. The highest BCUT2D eigenvalue weighted by Gasteiger charge is 2.37. The van der Waals surface area contributed by atoms with Gasteiger partial charge in [0.25, 0.3) is 5.91 Å². The van der Waals surface area contributed by atoms with Gasteiger partial charge < -0.3 is 24.2 Å². The van der Waals surface area contributed by atoms with Crippen molar-refractivity contribution >= 4 is 23.5 Å². The van der Waals surface area contributed by atoms with Crippen LogP contribution in [0.15, 0.2) is 84.1 Å². The first kappa shape index (κ1) is 29.9. The SMILES string of the molecule is CCOC(=O)C1=C(C)N(Cc2cccc(C(=O)N3CCN(c4ccccc4OC)CC3)c2)C(=O)CC1c1cccc(C)c1. The fourth-order valence-corrected chi connectivity index (χ4v) is 6.06. The van der Waals surface area contributed by atoms with Gasteiger partial charge in [0.15, 0.2) is 0 Å². The lowest BCUT2D eigenvalue weighted by molar-refractivity contribution is -0.140.